The fourth-order valence-corrected chi connectivity index (χ4v) is 3.98. The minimum absolute atomic E-state index is 0.247. The van der Waals surface area contributed by atoms with Crippen molar-refractivity contribution in [1.82, 2.24) is 9.97 Å². The molecule has 8 nitrogen and oxygen atoms in total. The summed E-state index contributed by atoms with van der Waals surface area (Å²) < 4.78 is 10.6. The van der Waals surface area contributed by atoms with Gasteiger partial charge >= 0.3 is 5.97 Å². The Morgan fingerprint density at radius 2 is 1.97 bits per heavy atom. The molecule has 0 aliphatic rings. The van der Waals surface area contributed by atoms with Crippen LogP contribution in [0.3, 0.4) is 0 Å². The van der Waals surface area contributed by atoms with E-state index in [1.165, 1.54) is 14.0 Å². The third kappa shape index (κ3) is 4.14. The number of hydrogen-bond acceptors (Lipinski definition) is 7. The number of rotatable bonds is 5. The van der Waals surface area contributed by atoms with Crippen LogP contribution in [0, 0.1) is 20.8 Å². The Morgan fingerprint density at radius 1 is 1.24 bits per heavy atom. The molecule has 1 amide bonds. The van der Waals surface area contributed by atoms with Crippen molar-refractivity contribution in [2.45, 2.75) is 33.8 Å². The molecule has 0 aliphatic heterocycles. The smallest absolute Gasteiger partial charge is 0.349 e. The van der Waals surface area contributed by atoms with Crippen LogP contribution in [-0.2, 0) is 9.53 Å². The fourth-order valence-electron chi connectivity index (χ4n) is 2.87. The number of methoxy groups -OCH3 is 1. The standard InChI is InChI=1S/C20H21N3O5S/c1-9-6-7-14(27-5)13(8-9)23-17(24)11(3)28-20(26)16-10(2)15-18(25)21-12(4)22-19(15)29-16/h6-8,11H,1-5H3,(H,23,24)(H,21,22,25)/t11-/m1/s1. The van der Waals surface area contributed by atoms with Crippen molar-refractivity contribution in [1.29, 1.82) is 0 Å². The van der Waals surface area contributed by atoms with Gasteiger partial charge in [-0.1, -0.05) is 6.07 Å². The van der Waals surface area contributed by atoms with Crippen molar-refractivity contribution in [2.24, 2.45) is 0 Å². The Hall–Kier alpha value is -3.20. The van der Waals surface area contributed by atoms with E-state index >= 15 is 0 Å². The second-order valence-electron chi connectivity index (χ2n) is 6.63. The third-order valence-electron chi connectivity index (χ3n) is 4.37. The number of anilines is 1. The predicted octanol–water partition coefficient (Wildman–Crippen LogP) is 3.10. The summed E-state index contributed by atoms with van der Waals surface area (Å²) in [5.41, 5.74) is 1.61. The summed E-state index contributed by atoms with van der Waals surface area (Å²) in [5, 5.41) is 3.07. The second-order valence-corrected chi connectivity index (χ2v) is 7.63. The number of nitrogens with one attached hydrogen (secondary N) is 2. The van der Waals surface area contributed by atoms with Crippen LogP contribution < -0.4 is 15.6 Å². The summed E-state index contributed by atoms with van der Waals surface area (Å²) >= 11 is 1.07. The molecule has 2 N–H and O–H groups in total. The lowest BCUT2D eigenvalue weighted by atomic mass is 10.2. The quantitative estimate of drug-likeness (QED) is 0.620. The number of carbonyl (C=O) groups excluding carboxylic acids is 2. The summed E-state index contributed by atoms with van der Waals surface area (Å²) in [6.45, 7) is 6.69. The van der Waals surface area contributed by atoms with Crippen LogP contribution in [0.1, 0.15) is 33.5 Å². The number of ether oxygens (including phenoxy) is 2. The van der Waals surface area contributed by atoms with Crippen molar-refractivity contribution in [3.8, 4) is 5.75 Å². The SMILES string of the molecule is COc1ccc(C)cc1NC(=O)[C@@H](C)OC(=O)c1sc2nc(C)[nH]c(=O)c2c1C. The zero-order valence-corrected chi connectivity index (χ0v) is 17.5. The lowest BCUT2D eigenvalue weighted by Gasteiger charge is -2.15. The van der Waals surface area contributed by atoms with Crippen molar-refractivity contribution >= 4 is 39.1 Å². The number of amides is 1. The van der Waals surface area contributed by atoms with E-state index in [4.69, 9.17) is 9.47 Å². The van der Waals surface area contributed by atoms with Gasteiger partial charge in [-0.3, -0.25) is 9.59 Å². The van der Waals surface area contributed by atoms with Gasteiger partial charge in [-0.15, -0.1) is 11.3 Å². The first kappa shape index (κ1) is 20.5. The number of H-pyrrole nitrogens is 1. The van der Waals surface area contributed by atoms with Gasteiger partial charge in [-0.2, -0.15) is 0 Å². The molecule has 0 saturated heterocycles. The van der Waals surface area contributed by atoms with Crippen LogP contribution in [0.2, 0.25) is 0 Å². The lowest BCUT2D eigenvalue weighted by Crippen LogP contribution is -2.30. The van der Waals surface area contributed by atoms with Gasteiger partial charge in [0, 0.05) is 0 Å². The summed E-state index contributed by atoms with van der Waals surface area (Å²) in [5.74, 6) is -0.207. The maximum atomic E-state index is 12.6. The number of carbonyl (C=O) groups is 2. The van der Waals surface area contributed by atoms with Gasteiger partial charge in [-0.05, 0) is 51.0 Å². The van der Waals surface area contributed by atoms with Gasteiger partial charge in [0.1, 0.15) is 21.3 Å². The van der Waals surface area contributed by atoms with Gasteiger partial charge in [0.05, 0.1) is 18.2 Å². The topological polar surface area (TPSA) is 110 Å². The maximum absolute atomic E-state index is 12.6. The van der Waals surface area contributed by atoms with Gasteiger partial charge in [0.25, 0.3) is 11.5 Å². The highest BCUT2D eigenvalue weighted by molar-refractivity contribution is 7.20. The van der Waals surface area contributed by atoms with Gasteiger partial charge in [-0.25, -0.2) is 9.78 Å². The Balaban J connectivity index is 1.79. The Bertz CT molecular complexity index is 1160. The van der Waals surface area contributed by atoms with Crippen LogP contribution in [-0.4, -0.2) is 35.1 Å². The highest BCUT2D eigenvalue weighted by Gasteiger charge is 2.25. The van der Waals surface area contributed by atoms with Gasteiger partial charge < -0.3 is 19.8 Å². The Morgan fingerprint density at radius 3 is 2.66 bits per heavy atom. The number of aromatic nitrogens is 2. The molecule has 9 heteroatoms. The molecular weight excluding hydrogens is 394 g/mol. The average molecular weight is 415 g/mol. The van der Waals surface area contributed by atoms with Crippen molar-refractivity contribution in [3.05, 3.63) is 50.4 Å². The first-order valence-corrected chi connectivity index (χ1v) is 9.69. The molecule has 0 aliphatic carbocycles. The Kier molecular flexibility index (Phi) is 5.69. The van der Waals surface area contributed by atoms with Crippen molar-refractivity contribution in [2.75, 3.05) is 12.4 Å². The third-order valence-corrected chi connectivity index (χ3v) is 5.54. The van der Waals surface area contributed by atoms with Crippen LogP contribution in [0.4, 0.5) is 5.69 Å². The maximum Gasteiger partial charge on any atom is 0.349 e. The Labute approximate surface area is 170 Å². The van der Waals surface area contributed by atoms with E-state index in [1.54, 1.807) is 26.0 Å². The summed E-state index contributed by atoms with van der Waals surface area (Å²) in [6, 6.07) is 5.37. The highest BCUT2D eigenvalue weighted by Crippen LogP contribution is 2.28. The number of nitrogens with zero attached hydrogens (tertiary/aromatic N) is 1. The van der Waals surface area contributed by atoms with Gasteiger partial charge in [0.2, 0.25) is 0 Å². The molecule has 2 aromatic heterocycles. The molecule has 0 radical (unpaired) electrons. The largest absolute Gasteiger partial charge is 0.495 e. The molecule has 29 heavy (non-hydrogen) atoms. The summed E-state index contributed by atoms with van der Waals surface area (Å²) in [6.07, 6.45) is -1.05. The highest BCUT2D eigenvalue weighted by atomic mass is 32.1. The molecule has 2 heterocycles. The number of thiophene rings is 1. The first-order valence-electron chi connectivity index (χ1n) is 8.87. The van der Waals surface area contributed by atoms with Crippen molar-refractivity contribution < 1.29 is 19.1 Å². The first-order chi connectivity index (χ1) is 13.7. The average Bonchev–Trinajstić information content (AvgIpc) is 2.98. The van der Waals surface area contributed by atoms with Crippen LogP contribution in [0.25, 0.3) is 10.2 Å². The zero-order valence-electron chi connectivity index (χ0n) is 16.7. The van der Waals surface area contributed by atoms with Crippen LogP contribution >= 0.6 is 11.3 Å². The second kappa shape index (κ2) is 8.04. The van der Waals surface area contributed by atoms with E-state index in [0.29, 0.717) is 33.0 Å². The number of fused-ring (bicyclic) bond motifs is 1. The monoisotopic (exact) mass is 415 g/mol. The van der Waals surface area contributed by atoms with E-state index < -0.39 is 18.0 Å². The van der Waals surface area contributed by atoms with E-state index in [-0.39, 0.29) is 10.4 Å². The molecule has 152 valence electrons. The van der Waals surface area contributed by atoms with E-state index in [0.717, 1.165) is 16.9 Å². The number of benzene rings is 1. The minimum atomic E-state index is -1.05. The molecule has 0 unspecified atom stereocenters. The lowest BCUT2D eigenvalue weighted by molar-refractivity contribution is -0.123. The molecule has 0 bridgehead atoms. The molecule has 1 aromatic carbocycles. The zero-order chi connectivity index (χ0) is 21.3. The molecule has 3 rings (SSSR count). The fraction of sp³-hybridized carbons (Fsp3) is 0.300. The summed E-state index contributed by atoms with van der Waals surface area (Å²) in [4.78, 5) is 44.9. The predicted molar refractivity (Wildman–Crippen MR) is 111 cm³/mol. The van der Waals surface area contributed by atoms with Gasteiger partial charge in [0.15, 0.2) is 6.10 Å². The molecule has 1 atom stereocenters. The van der Waals surface area contributed by atoms with Crippen LogP contribution in [0.5, 0.6) is 5.75 Å². The van der Waals surface area contributed by atoms with E-state index in [9.17, 15) is 14.4 Å². The molecular formula is C20H21N3O5S. The summed E-state index contributed by atoms with van der Waals surface area (Å²) in [7, 11) is 1.51. The number of hydrogen-bond donors (Lipinski definition) is 2. The molecule has 3 aromatic rings. The molecule has 0 saturated carbocycles. The number of aromatic amines is 1. The van der Waals surface area contributed by atoms with E-state index in [2.05, 4.69) is 15.3 Å². The normalized spacial score (nSPS) is 11.9. The number of esters is 1. The molecule has 0 spiro atoms. The molecule has 0 fully saturated rings. The van der Waals surface area contributed by atoms with E-state index in [1.807, 2.05) is 13.0 Å². The van der Waals surface area contributed by atoms with Crippen molar-refractivity contribution in [3.63, 3.8) is 0 Å². The number of aryl methyl sites for hydroxylation is 3. The van der Waals surface area contributed by atoms with Crippen LogP contribution in [0.15, 0.2) is 23.0 Å². The minimum Gasteiger partial charge on any atom is -0.495 e.